The third kappa shape index (κ3) is 1.57. The highest BCUT2D eigenvalue weighted by molar-refractivity contribution is 9.10. The Kier molecular flexibility index (Phi) is 2.90. The Morgan fingerprint density at radius 2 is 0.950 bits per heavy atom. The summed E-state index contributed by atoms with van der Waals surface area (Å²) in [6, 6.07) is 16.9. The molecule has 0 unspecified atom stereocenters. The van der Waals surface area contributed by atoms with E-state index >= 15 is 0 Å². The highest BCUT2D eigenvalue weighted by Gasteiger charge is 2.47. The van der Waals surface area contributed by atoms with E-state index in [1.54, 1.807) is 0 Å². The summed E-state index contributed by atoms with van der Waals surface area (Å²) in [5.41, 5.74) is 5.14. The minimum atomic E-state index is -0.165. The molecule has 3 heteroatoms. The van der Waals surface area contributed by atoms with E-state index in [0.717, 1.165) is 0 Å². The molecule has 0 amide bonds. The number of rotatable bonds is 0. The summed E-state index contributed by atoms with van der Waals surface area (Å²) in [4.78, 5) is 12.3. The molecule has 0 radical (unpaired) electrons. The summed E-state index contributed by atoms with van der Waals surface area (Å²) < 4.78 is 0. The van der Waals surface area contributed by atoms with Gasteiger partial charge in [0.15, 0.2) is 5.78 Å². The van der Waals surface area contributed by atoms with Gasteiger partial charge in [0.2, 0.25) is 0 Å². The van der Waals surface area contributed by atoms with Crippen molar-refractivity contribution in [2.24, 2.45) is 0 Å². The average molecular weight is 392 g/mol. The number of alkyl halides is 2. The highest BCUT2D eigenvalue weighted by atomic mass is 79.9. The summed E-state index contributed by atoms with van der Waals surface area (Å²) in [7, 11) is 0. The summed E-state index contributed by atoms with van der Waals surface area (Å²) in [6.45, 7) is 0. The van der Waals surface area contributed by atoms with Crippen LogP contribution in [0.2, 0.25) is 0 Å². The van der Waals surface area contributed by atoms with Crippen LogP contribution in [0.4, 0.5) is 0 Å². The number of carbonyl (C=O) groups excluding carboxylic acids is 1. The lowest BCUT2D eigenvalue weighted by Gasteiger charge is -2.31. The molecule has 100 valence electrons. The van der Waals surface area contributed by atoms with Crippen LogP contribution in [0.1, 0.15) is 34.1 Å². The fourth-order valence-electron chi connectivity index (χ4n) is 3.60. The number of benzene rings is 2. The van der Waals surface area contributed by atoms with E-state index in [4.69, 9.17) is 0 Å². The van der Waals surface area contributed by atoms with E-state index in [-0.39, 0.29) is 27.3 Å². The number of hydrogen-bond acceptors (Lipinski definition) is 1. The van der Waals surface area contributed by atoms with Gasteiger partial charge in [0, 0.05) is 11.8 Å². The number of hydrogen-bond donors (Lipinski definition) is 0. The van der Waals surface area contributed by atoms with Crippen molar-refractivity contribution >= 4 is 37.6 Å². The van der Waals surface area contributed by atoms with Gasteiger partial charge in [0.05, 0.1) is 9.65 Å². The van der Waals surface area contributed by atoms with Gasteiger partial charge in [-0.15, -0.1) is 0 Å². The zero-order valence-electron chi connectivity index (χ0n) is 10.6. The maximum Gasteiger partial charge on any atom is 0.161 e. The van der Waals surface area contributed by atoms with Crippen molar-refractivity contribution in [2.45, 2.75) is 21.5 Å². The van der Waals surface area contributed by atoms with E-state index in [2.05, 4.69) is 80.4 Å². The number of halogens is 2. The van der Waals surface area contributed by atoms with E-state index in [1.807, 2.05) is 0 Å². The Balaban J connectivity index is 2.10. The maximum absolute atomic E-state index is 12.6. The van der Waals surface area contributed by atoms with Gasteiger partial charge in [-0.3, -0.25) is 4.79 Å². The number of Topliss-reactive ketones (excluding diaryl/α,β-unsaturated/α-hetero) is 1. The summed E-state index contributed by atoms with van der Waals surface area (Å²) in [5.74, 6) is 0.481. The summed E-state index contributed by atoms with van der Waals surface area (Å²) in [6.07, 6.45) is 0. The van der Waals surface area contributed by atoms with Gasteiger partial charge < -0.3 is 0 Å². The van der Waals surface area contributed by atoms with Crippen LogP contribution >= 0.6 is 31.9 Å². The molecule has 20 heavy (non-hydrogen) atoms. The maximum atomic E-state index is 12.6. The van der Waals surface area contributed by atoms with Crippen LogP contribution in [0.15, 0.2) is 48.5 Å². The topological polar surface area (TPSA) is 17.1 Å². The number of ketones is 1. The molecule has 2 aromatic rings. The lowest BCUT2D eigenvalue weighted by Crippen LogP contribution is -2.26. The summed E-state index contributed by atoms with van der Waals surface area (Å²) >= 11 is 7.32. The zero-order chi connectivity index (χ0) is 13.9. The van der Waals surface area contributed by atoms with Crippen molar-refractivity contribution in [3.8, 4) is 0 Å². The second-order valence-corrected chi connectivity index (χ2v) is 7.39. The first-order valence-electron chi connectivity index (χ1n) is 6.69. The molecule has 0 aromatic heterocycles. The number of carbonyl (C=O) groups is 1. The monoisotopic (exact) mass is 390 g/mol. The molecule has 2 atom stereocenters. The molecular weight excluding hydrogens is 380 g/mol. The van der Waals surface area contributed by atoms with E-state index in [0.29, 0.717) is 0 Å². The van der Waals surface area contributed by atoms with Crippen molar-refractivity contribution in [1.82, 2.24) is 0 Å². The van der Waals surface area contributed by atoms with Crippen molar-refractivity contribution in [3.05, 3.63) is 70.8 Å². The van der Waals surface area contributed by atoms with E-state index in [9.17, 15) is 4.79 Å². The fraction of sp³-hybridized carbons (Fsp3) is 0.235. The van der Waals surface area contributed by atoms with E-state index in [1.165, 1.54) is 22.3 Å². The second kappa shape index (κ2) is 4.54. The first-order chi connectivity index (χ1) is 9.70. The van der Waals surface area contributed by atoms with Gasteiger partial charge in [-0.05, 0) is 22.3 Å². The Bertz CT molecular complexity index is 604. The van der Waals surface area contributed by atoms with Crippen LogP contribution in [-0.2, 0) is 4.79 Å². The Morgan fingerprint density at radius 1 is 0.650 bits per heavy atom. The molecule has 0 saturated heterocycles. The average Bonchev–Trinajstić information content (AvgIpc) is 2.62. The molecule has 3 aliphatic rings. The largest absolute Gasteiger partial charge is 0.297 e. The highest BCUT2D eigenvalue weighted by Crippen LogP contribution is 2.52. The predicted molar refractivity (Wildman–Crippen MR) is 87.0 cm³/mol. The molecule has 0 saturated carbocycles. The fourth-order valence-corrected chi connectivity index (χ4v) is 5.66. The van der Waals surface area contributed by atoms with Crippen molar-refractivity contribution in [3.63, 3.8) is 0 Å². The van der Waals surface area contributed by atoms with Crippen LogP contribution < -0.4 is 0 Å². The molecule has 0 aliphatic heterocycles. The SMILES string of the molecule is O=C1[C@H](Br)C2c3ccccc3C(c3ccccc32)[C@H]1Br. The van der Waals surface area contributed by atoms with Gasteiger partial charge in [-0.25, -0.2) is 0 Å². The standard InChI is InChI=1S/C17H12Br2O/c18-15-13-9-5-1-2-6-10(9)14(16(19)17(15)20)12-8-4-3-7-11(12)13/h1-8,13-16H/t13?,14?,15-,16-/m1/s1. The smallest absolute Gasteiger partial charge is 0.161 e. The molecule has 0 spiro atoms. The van der Waals surface area contributed by atoms with Crippen LogP contribution in [-0.4, -0.2) is 15.4 Å². The third-order valence-corrected chi connectivity index (χ3v) is 6.42. The molecule has 5 rings (SSSR count). The van der Waals surface area contributed by atoms with Crippen LogP contribution in [0.25, 0.3) is 0 Å². The Labute approximate surface area is 134 Å². The number of fused-ring (bicyclic) bond motifs is 2. The molecule has 0 heterocycles. The van der Waals surface area contributed by atoms with Gasteiger partial charge in [-0.1, -0.05) is 80.4 Å². The Morgan fingerprint density at radius 3 is 1.25 bits per heavy atom. The second-order valence-electron chi connectivity index (χ2n) is 5.42. The van der Waals surface area contributed by atoms with Crippen molar-refractivity contribution in [2.75, 3.05) is 0 Å². The zero-order valence-corrected chi connectivity index (χ0v) is 13.8. The Hall–Kier alpha value is -0.930. The van der Waals surface area contributed by atoms with Gasteiger partial charge in [0.1, 0.15) is 0 Å². The minimum absolute atomic E-state index is 0.119. The summed E-state index contributed by atoms with van der Waals surface area (Å²) in [5, 5.41) is 0. The van der Waals surface area contributed by atoms with Gasteiger partial charge in [-0.2, -0.15) is 0 Å². The van der Waals surface area contributed by atoms with Gasteiger partial charge in [0.25, 0.3) is 0 Å². The van der Waals surface area contributed by atoms with Gasteiger partial charge >= 0.3 is 0 Å². The predicted octanol–water partition coefficient (Wildman–Crippen LogP) is 4.37. The molecule has 2 bridgehead atoms. The molecule has 3 aliphatic carbocycles. The molecule has 1 nitrogen and oxygen atoms in total. The normalized spacial score (nSPS) is 30.6. The minimum Gasteiger partial charge on any atom is -0.297 e. The first kappa shape index (κ1) is 12.8. The quantitative estimate of drug-likeness (QED) is 0.609. The molecule has 2 aromatic carbocycles. The van der Waals surface area contributed by atoms with E-state index < -0.39 is 0 Å². The molecule has 0 N–H and O–H groups in total. The lowest BCUT2D eigenvalue weighted by molar-refractivity contribution is -0.117. The molecule has 0 fully saturated rings. The van der Waals surface area contributed by atoms with Crippen LogP contribution in [0.3, 0.4) is 0 Å². The third-order valence-electron chi connectivity index (χ3n) is 4.46. The van der Waals surface area contributed by atoms with Crippen LogP contribution in [0, 0.1) is 0 Å². The van der Waals surface area contributed by atoms with Crippen molar-refractivity contribution < 1.29 is 4.79 Å². The van der Waals surface area contributed by atoms with Crippen molar-refractivity contribution in [1.29, 1.82) is 0 Å². The lowest BCUT2D eigenvalue weighted by atomic mass is 9.74. The van der Waals surface area contributed by atoms with Crippen LogP contribution in [0.5, 0.6) is 0 Å². The first-order valence-corrected chi connectivity index (χ1v) is 8.53. The molecular formula is C17H12Br2O.